The van der Waals surface area contributed by atoms with Crippen LogP contribution in [-0.4, -0.2) is 33.3 Å². The average molecular weight is 376 g/mol. The highest BCUT2D eigenvalue weighted by Crippen LogP contribution is 2.33. The van der Waals surface area contributed by atoms with Crippen molar-refractivity contribution in [3.8, 4) is 0 Å². The Morgan fingerprint density at radius 3 is 2.52 bits per heavy atom. The molecule has 0 spiro atoms. The molecular formula is C17H21ClF3N3O. The number of pyridine rings is 1. The van der Waals surface area contributed by atoms with Gasteiger partial charge in [0.25, 0.3) is 5.91 Å². The second kappa shape index (κ2) is 7.64. The number of halogens is 4. The van der Waals surface area contributed by atoms with Gasteiger partial charge < -0.3 is 4.90 Å². The highest BCUT2D eigenvalue weighted by Gasteiger charge is 2.33. The van der Waals surface area contributed by atoms with Crippen LogP contribution < -0.4 is 0 Å². The first-order valence-corrected chi connectivity index (χ1v) is 8.69. The quantitative estimate of drug-likeness (QED) is 0.725. The lowest BCUT2D eigenvalue weighted by Gasteiger charge is -2.21. The molecule has 2 heterocycles. The zero-order chi connectivity index (χ0) is 18.8. The van der Waals surface area contributed by atoms with Gasteiger partial charge in [0.05, 0.1) is 16.3 Å². The molecule has 2 rings (SSSR count). The summed E-state index contributed by atoms with van der Waals surface area (Å²) >= 11 is 6.00. The maximum atomic E-state index is 13.1. The van der Waals surface area contributed by atoms with E-state index in [0.717, 1.165) is 25.1 Å². The number of unbranched alkanes of at least 4 members (excludes halogenated alkanes) is 1. The number of aryl methyl sites for hydroxylation is 1. The van der Waals surface area contributed by atoms with Crippen LogP contribution in [0.15, 0.2) is 12.3 Å². The fourth-order valence-corrected chi connectivity index (χ4v) is 2.93. The van der Waals surface area contributed by atoms with Gasteiger partial charge in [0.1, 0.15) is 5.69 Å². The van der Waals surface area contributed by atoms with E-state index < -0.39 is 11.7 Å². The van der Waals surface area contributed by atoms with Gasteiger partial charge in [0.2, 0.25) is 0 Å². The summed E-state index contributed by atoms with van der Waals surface area (Å²) in [4.78, 5) is 18.9. The van der Waals surface area contributed by atoms with Crippen molar-refractivity contribution >= 4 is 23.2 Å². The van der Waals surface area contributed by atoms with Gasteiger partial charge in [-0.15, -0.1) is 0 Å². The molecule has 0 radical (unpaired) electrons. The van der Waals surface area contributed by atoms with Crippen LogP contribution in [0, 0.1) is 0 Å². The first-order chi connectivity index (χ1) is 11.7. The Labute approximate surface area is 149 Å². The standard InChI is InChI=1S/C17H21ClF3N3O/c1-4-7-8-23(6-3)16(25)14-13(5-2)22-15-12(18)9-11(10-24(14)15)17(19,20)21/h9-10H,4-8H2,1-3H3. The first-order valence-electron chi connectivity index (χ1n) is 8.31. The summed E-state index contributed by atoms with van der Waals surface area (Å²) in [5.41, 5.74) is -0.137. The minimum Gasteiger partial charge on any atom is -0.338 e. The minimum atomic E-state index is -4.55. The Morgan fingerprint density at radius 2 is 2.00 bits per heavy atom. The number of hydrogen-bond donors (Lipinski definition) is 0. The smallest absolute Gasteiger partial charge is 0.338 e. The Morgan fingerprint density at radius 1 is 1.32 bits per heavy atom. The predicted octanol–water partition coefficient (Wildman–Crippen LogP) is 4.83. The fourth-order valence-electron chi connectivity index (χ4n) is 2.68. The molecular weight excluding hydrogens is 355 g/mol. The van der Waals surface area contributed by atoms with Crippen LogP contribution in [0.25, 0.3) is 5.65 Å². The third kappa shape index (κ3) is 3.92. The Hall–Kier alpha value is -1.76. The number of imidazole rings is 1. The summed E-state index contributed by atoms with van der Waals surface area (Å²) in [5.74, 6) is -0.323. The topological polar surface area (TPSA) is 37.6 Å². The molecule has 2 aromatic rings. The van der Waals surface area contributed by atoms with E-state index in [9.17, 15) is 18.0 Å². The van der Waals surface area contributed by atoms with E-state index in [1.807, 2.05) is 13.8 Å². The summed E-state index contributed by atoms with van der Waals surface area (Å²) in [6.45, 7) is 6.69. The van der Waals surface area contributed by atoms with Gasteiger partial charge in [-0.1, -0.05) is 31.9 Å². The molecule has 0 atom stereocenters. The Bertz CT molecular complexity index is 771. The van der Waals surface area contributed by atoms with Gasteiger partial charge in [-0.25, -0.2) is 4.98 Å². The Balaban J connectivity index is 2.64. The number of amides is 1. The number of nitrogens with zero attached hydrogens (tertiary/aromatic N) is 3. The van der Waals surface area contributed by atoms with E-state index >= 15 is 0 Å². The number of rotatable bonds is 6. The van der Waals surface area contributed by atoms with Gasteiger partial charge in [0.15, 0.2) is 5.65 Å². The van der Waals surface area contributed by atoms with Crippen molar-refractivity contribution < 1.29 is 18.0 Å². The van der Waals surface area contributed by atoms with Crippen LogP contribution in [0.1, 0.15) is 55.4 Å². The maximum Gasteiger partial charge on any atom is 0.417 e. The predicted molar refractivity (Wildman–Crippen MR) is 91.1 cm³/mol. The molecule has 0 aliphatic rings. The molecule has 0 N–H and O–H groups in total. The SMILES string of the molecule is CCCCN(CC)C(=O)c1c(CC)nc2c(Cl)cc(C(F)(F)F)cn12. The van der Waals surface area contributed by atoms with Crippen LogP contribution in [0.5, 0.6) is 0 Å². The molecule has 0 bridgehead atoms. The summed E-state index contributed by atoms with van der Waals surface area (Å²) < 4.78 is 40.5. The molecule has 2 aromatic heterocycles. The number of fused-ring (bicyclic) bond motifs is 1. The van der Waals surface area contributed by atoms with E-state index in [2.05, 4.69) is 4.98 Å². The lowest BCUT2D eigenvalue weighted by atomic mass is 10.2. The summed E-state index contributed by atoms with van der Waals surface area (Å²) in [6, 6.07) is 0.840. The summed E-state index contributed by atoms with van der Waals surface area (Å²) in [5, 5.41) is -0.125. The molecule has 25 heavy (non-hydrogen) atoms. The molecule has 0 saturated carbocycles. The van der Waals surface area contributed by atoms with Crippen LogP contribution in [0.4, 0.5) is 13.2 Å². The van der Waals surface area contributed by atoms with E-state index in [-0.39, 0.29) is 22.3 Å². The highest BCUT2D eigenvalue weighted by molar-refractivity contribution is 6.33. The summed E-state index contributed by atoms with van der Waals surface area (Å²) in [6.07, 6.45) is -1.49. The molecule has 0 aliphatic carbocycles. The van der Waals surface area contributed by atoms with Crippen molar-refractivity contribution in [1.29, 1.82) is 0 Å². The van der Waals surface area contributed by atoms with Crippen LogP contribution in [-0.2, 0) is 12.6 Å². The normalized spacial score (nSPS) is 12.0. The fraction of sp³-hybridized carbons (Fsp3) is 0.529. The molecule has 0 aromatic carbocycles. The van der Waals surface area contributed by atoms with Crippen LogP contribution >= 0.6 is 11.6 Å². The second-order valence-electron chi connectivity index (χ2n) is 5.77. The van der Waals surface area contributed by atoms with E-state index in [1.165, 1.54) is 4.40 Å². The molecule has 0 fully saturated rings. The van der Waals surface area contributed by atoms with Gasteiger partial charge in [0, 0.05) is 19.3 Å². The molecule has 1 amide bonds. The first kappa shape index (κ1) is 19.6. The molecule has 0 unspecified atom stereocenters. The largest absolute Gasteiger partial charge is 0.417 e. The van der Waals surface area contributed by atoms with Gasteiger partial charge in [-0.2, -0.15) is 13.2 Å². The third-order valence-electron chi connectivity index (χ3n) is 4.06. The maximum absolute atomic E-state index is 13.1. The van der Waals surface area contributed by atoms with E-state index in [1.54, 1.807) is 11.8 Å². The van der Waals surface area contributed by atoms with Crippen LogP contribution in [0.2, 0.25) is 5.02 Å². The molecule has 8 heteroatoms. The number of alkyl halides is 3. The van der Waals surface area contributed by atoms with Crippen molar-refractivity contribution in [2.24, 2.45) is 0 Å². The van der Waals surface area contributed by atoms with Crippen molar-refractivity contribution in [2.75, 3.05) is 13.1 Å². The van der Waals surface area contributed by atoms with Gasteiger partial charge in [-0.05, 0) is 25.8 Å². The van der Waals surface area contributed by atoms with Crippen molar-refractivity contribution in [3.05, 3.63) is 34.2 Å². The number of carbonyl (C=O) groups excluding carboxylic acids is 1. The van der Waals surface area contributed by atoms with Gasteiger partial charge >= 0.3 is 6.18 Å². The molecule has 0 aliphatic heterocycles. The highest BCUT2D eigenvalue weighted by atomic mass is 35.5. The lowest BCUT2D eigenvalue weighted by Crippen LogP contribution is -2.33. The number of carbonyl (C=O) groups is 1. The van der Waals surface area contributed by atoms with Gasteiger partial charge in [-0.3, -0.25) is 9.20 Å². The zero-order valence-corrected chi connectivity index (χ0v) is 15.2. The molecule has 138 valence electrons. The van der Waals surface area contributed by atoms with E-state index in [0.29, 0.717) is 25.2 Å². The number of aromatic nitrogens is 2. The monoisotopic (exact) mass is 375 g/mol. The zero-order valence-electron chi connectivity index (χ0n) is 14.5. The summed E-state index contributed by atoms with van der Waals surface area (Å²) in [7, 11) is 0. The van der Waals surface area contributed by atoms with Crippen LogP contribution in [0.3, 0.4) is 0 Å². The lowest BCUT2D eigenvalue weighted by molar-refractivity contribution is -0.137. The van der Waals surface area contributed by atoms with Crippen molar-refractivity contribution in [1.82, 2.24) is 14.3 Å². The molecule has 4 nitrogen and oxygen atoms in total. The second-order valence-corrected chi connectivity index (χ2v) is 6.17. The Kier molecular flexibility index (Phi) is 5.98. The van der Waals surface area contributed by atoms with Crippen molar-refractivity contribution in [2.45, 2.75) is 46.2 Å². The van der Waals surface area contributed by atoms with Crippen molar-refractivity contribution in [3.63, 3.8) is 0 Å². The number of hydrogen-bond acceptors (Lipinski definition) is 2. The van der Waals surface area contributed by atoms with E-state index in [4.69, 9.17) is 11.6 Å². The molecule has 0 saturated heterocycles. The third-order valence-corrected chi connectivity index (χ3v) is 4.34. The average Bonchev–Trinajstić information content (AvgIpc) is 2.93. The minimum absolute atomic E-state index is 0.125.